The normalized spacial score (nSPS) is 10.0. The molecule has 0 saturated heterocycles. The van der Waals surface area contributed by atoms with Crippen LogP contribution in [0.15, 0.2) is 66.7 Å². The number of rotatable bonds is 9. The van der Waals surface area contributed by atoms with E-state index in [1.807, 2.05) is 73.7 Å². The number of nitrogens with one attached hydrogen (secondary N) is 2. The summed E-state index contributed by atoms with van der Waals surface area (Å²) in [7, 11) is 1.60. The van der Waals surface area contributed by atoms with E-state index in [2.05, 4.69) is 10.6 Å². The van der Waals surface area contributed by atoms with E-state index < -0.39 is 0 Å². The first-order chi connectivity index (χ1) is 15.9. The van der Waals surface area contributed by atoms with E-state index in [1.54, 1.807) is 12.0 Å². The summed E-state index contributed by atoms with van der Waals surface area (Å²) >= 11 is 0. The predicted molar refractivity (Wildman–Crippen MR) is 137 cm³/mol. The zero-order valence-corrected chi connectivity index (χ0v) is 19.3. The van der Waals surface area contributed by atoms with Gasteiger partial charge in [-0.05, 0) is 60.5 Å². The number of hydrogen-bond donors (Lipinski definition) is 2. The van der Waals surface area contributed by atoms with Crippen molar-refractivity contribution in [2.75, 3.05) is 24.0 Å². The smallest absolute Gasteiger partial charge is 0.224 e. The molecule has 3 aromatic carbocycles. The van der Waals surface area contributed by atoms with Crippen LogP contribution in [-0.2, 0) is 16.1 Å². The molecule has 0 radical (unpaired) electrons. The SMILES string of the molecule is C.COc1ccc(NCNC(C)=O)c(CN(C(C)=O)c2cc(C)ccc2Oc2ccccc2)c1. The molecule has 0 aliphatic carbocycles. The second kappa shape index (κ2) is 12.3. The summed E-state index contributed by atoms with van der Waals surface area (Å²) < 4.78 is 11.5. The minimum absolute atomic E-state index is 0. The van der Waals surface area contributed by atoms with Gasteiger partial charge in [-0.25, -0.2) is 0 Å². The van der Waals surface area contributed by atoms with E-state index in [9.17, 15) is 9.59 Å². The molecule has 0 aromatic heterocycles. The van der Waals surface area contributed by atoms with Crippen LogP contribution in [0.4, 0.5) is 11.4 Å². The standard InChI is InChI=1S/C26H29N3O4.CH4/c1-18-10-13-26(33-22-8-6-5-7-9-22)25(14-18)29(20(3)31)16-21-15-23(32-4)11-12-24(21)28-17-27-19(2)30;/h5-15,28H,16-17H2,1-4H3,(H,27,30);1H4. The van der Waals surface area contributed by atoms with Gasteiger partial charge in [0.1, 0.15) is 11.5 Å². The van der Waals surface area contributed by atoms with Gasteiger partial charge in [0.25, 0.3) is 0 Å². The molecule has 34 heavy (non-hydrogen) atoms. The third-order valence-electron chi connectivity index (χ3n) is 5.01. The quantitative estimate of drug-likeness (QED) is 0.410. The number of nitrogens with zero attached hydrogens (tertiary/aromatic N) is 1. The van der Waals surface area contributed by atoms with Gasteiger partial charge in [-0.1, -0.05) is 31.7 Å². The fourth-order valence-corrected chi connectivity index (χ4v) is 3.34. The van der Waals surface area contributed by atoms with Gasteiger partial charge in [0, 0.05) is 19.5 Å². The average molecular weight is 464 g/mol. The Balaban J connectivity index is 0.00000408. The lowest BCUT2D eigenvalue weighted by Crippen LogP contribution is -2.30. The van der Waals surface area contributed by atoms with E-state index in [0.717, 1.165) is 16.8 Å². The van der Waals surface area contributed by atoms with E-state index in [-0.39, 0.29) is 32.5 Å². The minimum atomic E-state index is -0.134. The molecule has 180 valence electrons. The number of benzene rings is 3. The third kappa shape index (κ3) is 7.00. The summed E-state index contributed by atoms with van der Waals surface area (Å²) in [5, 5.41) is 5.92. The topological polar surface area (TPSA) is 79.9 Å². The van der Waals surface area contributed by atoms with Crippen LogP contribution < -0.4 is 25.0 Å². The van der Waals surface area contributed by atoms with Crippen LogP contribution in [0.5, 0.6) is 17.2 Å². The van der Waals surface area contributed by atoms with Gasteiger partial charge < -0.3 is 25.0 Å². The summed E-state index contributed by atoms with van der Waals surface area (Å²) in [6.45, 7) is 5.50. The molecule has 0 bridgehead atoms. The number of hydrogen-bond acceptors (Lipinski definition) is 5. The largest absolute Gasteiger partial charge is 0.497 e. The van der Waals surface area contributed by atoms with Crippen molar-refractivity contribution in [2.45, 2.75) is 34.7 Å². The monoisotopic (exact) mass is 463 g/mol. The molecule has 0 aliphatic heterocycles. The lowest BCUT2D eigenvalue weighted by atomic mass is 10.1. The Labute approximate surface area is 201 Å². The second-order valence-electron chi connectivity index (χ2n) is 7.60. The molecule has 0 atom stereocenters. The highest BCUT2D eigenvalue weighted by molar-refractivity contribution is 5.93. The Kier molecular flexibility index (Phi) is 9.49. The van der Waals surface area contributed by atoms with Crippen LogP contribution in [0.25, 0.3) is 0 Å². The van der Waals surface area contributed by atoms with Gasteiger partial charge in [0.2, 0.25) is 11.8 Å². The molecule has 0 spiro atoms. The summed E-state index contributed by atoms with van der Waals surface area (Å²) in [5.74, 6) is 1.67. The highest BCUT2D eigenvalue weighted by Gasteiger charge is 2.20. The van der Waals surface area contributed by atoms with Crippen molar-refractivity contribution < 1.29 is 19.1 Å². The zero-order chi connectivity index (χ0) is 23.8. The van der Waals surface area contributed by atoms with Crippen LogP contribution >= 0.6 is 0 Å². The highest BCUT2D eigenvalue weighted by atomic mass is 16.5. The molecular weight excluding hydrogens is 430 g/mol. The molecule has 0 fully saturated rings. The third-order valence-corrected chi connectivity index (χ3v) is 5.01. The van der Waals surface area contributed by atoms with Gasteiger partial charge >= 0.3 is 0 Å². The molecule has 0 heterocycles. The van der Waals surface area contributed by atoms with E-state index in [0.29, 0.717) is 22.9 Å². The number of anilines is 2. The number of aryl methyl sites for hydroxylation is 1. The Morgan fingerprint density at radius 1 is 0.941 bits per heavy atom. The minimum Gasteiger partial charge on any atom is -0.497 e. The van der Waals surface area contributed by atoms with Crippen LogP contribution in [0.1, 0.15) is 32.4 Å². The predicted octanol–water partition coefficient (Wildman–Crippen LogP) is 5.49. The maximum absolute atomic E-state index is 12.8. The zero-order valence-electron chi connectivity index (χ0n) is 19.3. The number of carbonyl (C=O) groups excluding carboxylic acids is 2. The maximum atomic E-state index is 12.8. The van der Waals surface area contributed by atoms with Crippen LogP contribution in [0.2, 0.25) is 0 Å². The van der Waals surface area contributed by atoms with Crippen molar-refractivity contribution in [3.8, 4) is 17.2 Å². The number of para-hydroxylation sites is 1. The van der Waals surface area contributed by atoms with Crippen molar-refractivity contribution in [1.29, 1.82) is 0 Å². The molecule has 7 heteroatoms. The molecular formula is C27H33N3O4. The summed E-state index contributed by atoms with van der Waals surface area (Å²) in [5.41, 5.74) is 3.30. The summed E-state index contributed by atoms with van der Waals surface area (Å²) in [6.07, 6.45) is 0. The molecule has 3 aromatic rings. The van der Waals surface area contributed by atoms with Crippen molar-refractivity contribution in [1.82, 2.24) is 5.32 Å². The first-order valence-corrected chi connectivity index (χ1v) is 10.6. The van der Waals surface area contributed by atoms with Gasteiger partial charge in [0.05, 0.1) is 26.0 Å². The van der Waals surface area contributed by atoms with E-state index in [1.165, 1.54) is 13.8 Å². The van der Waals surface area contributed by atoms with Gasteiger partial charge in [-0.3, -0.25) is 9.59 Å². The van der Waals surface area contributed by atoms with Crippen molar-refractivity contribution in [3.63, 3.8) is 0 Å². The Morgan fingerprint density at radius 2 is 1.68 bits per heavy atom. The second-order valence-corrected chi connectivity index (χ2v) is 7.60. The highest BCUT2D eigenvalue weighted by Crippen LogP contribution is 2.35. The first-order valence-electron chi connectivity index (χ1n) is 10.6. The van der Waals surface area contributed by atoms with Crippen LogP contribution in [-0.4, -0.2) is 25.6 Å². The molecule has 7 nitrogen and oxygen atoms in total. The average Bonchev–Trinajstić information content (AvgIpc) is 2.79. The number of ether oxygens (including phenoxy) is 2. The number of amides is 2. The van der Waals surface area contributed by atoms with Crippen LogP contribution in [0.3, 0.4) is 0 Å². The summed E-state index contributed by atoms with van der Waals surface area (Å²) in [4.78, 5) is 25.7. The van der Waals surface area contributed by atoms with E-state index >= 15 is 0 Å². The molecule has 0 unspecified atom stereocenters. The van der Waals surface area contributed by atoms with Gasteiger partial charge in [-0.2, -0.15) is 0 Å². The van der Waals surface area contributed by atoms with Gasteiger partial charge in [-0.15, -0.1) is 0 Å². The molecule has 0 aliphatic rings. The van der Waals surface area contributed by atoms with Crippen molar-refractivity contribution >= 4 is 23.2 Å². The molecule has 2 N–H and O–H groups in total. The molecule has 2 amide bonds. The Morgan fingerprint density at radius 3 is 2.32 bits per heavy atom. The fraction of sp³-hybridized carbons (Fsp3) is 0.259. The fourth-order valence-electron chi connectivity index (χ4n) is 3.34. The summed E-state index contributed by atoms with van der Waals surface area (Å²) in [6, 6.07) is 20.8. The van der Waals surface area contributed by atoms with Gasteiger partial charge in [0.15, 0.2) is 5.75 Å². The lowest BCUT2D eigenvalue weighted by Gasteiger charge is -2.26. The number of carbonyl (C=O) groups is 2. The van der Waals surface area contributed by atoms with Crippen molar-refractivity contribution in [3.05, 3.63) is 77.9 Å². The van der Waals surface area contributed by atoms with Crippen LogP contribution in [0, 0.1) is 6.92 Å². The van der Waals surface area contributed by atoms with Crippen molar-refractivity contribution in [2.24, 2.45) is 0 Å². The maximum Gasteiger partial charge on any atom is 0.224 e. The molecule has 0 saturated carbocycles. The first kappa shape index (κ1) is 26.3. The van der Waals surface area contributed by atoms with E-state index in [4.69, 9.17) is 9.47 Å². The Hall–Kier alpha value is -4.00. The molecule has 3 rings (SSSR count). The lowest BCUT2D eigenvalue weighted by molar-refractivity contribution is -0.119. The Bertz CT molecular complexity index is 1120. The number of methoxy groups -OCH3 is 1.